The van der Waals surface area contributed by atoms with Crippen molar-refractivity contribution < 1.29 is 13.6 Å². The summed E-state index contributed by atoms with van der Waals surface area (Å²) in [4.78, 5) is 10.5. The number of carbonyl (C=O) groups excluding carboxylic acids is 1. The monoisotopic (exact) mass is 172 g/mol. The molecular formula is C7H6F2N2O. The maximum atomic E-state index is 12.6. The van der Waals surface area contributed by atoms with Crippen LogP contribution in [0, 0.1) is 11.6 Å². The van der Waals surface area contributed by atoms with Crippen LogP contribution < -0.4 is 11.5 Å². The van der Waals surface area contributed by atoms with Crippen molar-refractivity contribution in [3.05, 3.63) is 29.3 Å². The first-order chi connectivity index (χ1) is 5.52. The van der Waals surface area contributed by atoms with Gasteiger partial charge in [0.15, 0.2) is 0 Å². The Bertz CT molecular complexity index is 315. The van der Waals surface area contributed by atoms with Gasteiger partial charge in [-0.25, -0.2) is 8.78 Å². The van der Waals surface area contributed by atoms with Crippen molar-refractivity contribution in [2.75, 3.05) is 5.73 Å². The van der Waals surface area contributed by atoms with Crippen molar-refractivity contribution in [3.63, 3.8) is 0 Å². The van der Waals surface area contributed by atoms with E-state index in [2.05, 4.69) is 0 Å². The molecule has 0 saturated heterocycles. The molecule has 0 unspecified atom stereocenters. The number of anilines is 1. The summed E-state index contributed by atoms with van der Waals surface area (Å²) in [5.41, 5.74) is 8.89. The number of benzene rings is 1. The second kappa shape index (κ2) is 2.77. The Morgan fingerprint density at radius 3 is 2.00 bits per heavy atom. The summed E-state index contributed by atoms with van der Waals surface area (Å²) in [6.07, 6.45) is 0. The third-order valence-electron chi connectivity index (χ3n) is 1.36. The second-order valence-electron chi connectivity index (χ2n) is 2.22. The number of nitrogens with two attached hydrogens (primary N) is 2. The molecule has 0 radical (unpaired) electrons. The SMILES string of the molecule is NC(=O)c1cc(F)c(N)c(F)c1. The molecule has 0 aliphatic carbocycles. The minimum Gasteiger partial charge on any atom is -0.394 e. The lowest BCUT2D eigenvalue weighted by Crippen LogP contribution is -2.12. The molecule has 0 aliphatic rings. The molecule has 1 amide bonds. The van der Waals surface area contributed by atoms with Gasteiger partial charge in [0.2, 0.25) is 5.91 Å². The van der Waals surface area contributed by atoms with Crippen molar-refractivity contribution in [3.8, 4) is 0 Å². The summed E-state index contributed by atoms with van der Waals surface area (Å²) < 4.78 is 25.3. The summed E-state index contributed by atoms with van der Waals surface area (Å²) in [7, 11) is 0. The van der Waals surface area contributed by atoms with Gasteiger partial charge >= 0.3 is 0 Å². The van der Waals surface area contributed by atoms with Crippen LogP contribution in [-0.2, 0) is 0 Å². The molecule has 1 rings (SSSR count). The first kappa shape index (κ1) is 8.45. The third kappa shape index (κ3) is 1.34. The number of carbonyl (C=O) groups is 1. The van der Waals surface area contributed by atoms with Crippen molar-refractivity contribution in [2.45, 2.75) is 0 Å². The van der Waals surface area contributed by atoms with Crippen LogP contribution in [0.2, 0.25) is 0 Å². The van der Waals surface area contributed by atoms with Crippen molar-refractivity contribution in [1.29, 1.82) is 0 Å². The fraction of sp³-hybridized carbons (Fsp3) is 0. The normalized spacial score (nSPS) is 9.83. The molecule has 0 heterocycles. The van der Waals surface area contributed by atoms with Gasteiger partial charge in [0.25, 0.3) is 0 Å². The molecule has 64 valence electrons. The molecule has 12 heavy (non-hydrogen) atoms. The Labute approximate surface area is 67.0 Å². The smallest absolute Gasteiger partial charge is 0.248 e. The van der Waals surface area contributed by atoms with Crippen LogP contribution in [0.3, 0.4) is 0 Å². The summed E-state index contributed by atoms with van der Waals surface area (Å²) in [5.74, 6) is -2.86. The van der Waals surface area contributed by atoms with Gasteiger partial charge in [0.05, 0.1) is 0 Å². The van der Waals surface area contributed by atoms with E-state index in [0.29, 0.717) is 0 Å². The van der Waals surface area contributed by atoms with Crippen LogP contribution in [0.25, 0.3) is 0 Å². The Morgan fingerprint density at radius 1 is 1.25 bits per heavy atom. The topological polar surface area (TPSA) is 69.1 Å². The highest BCUT2D eigenvalue weighted by Gasteiger charge is 2.10. The minimum atomic E-state index is -0.983. The molecule has 0 atom stereocenters. The maximum absolute atomic E-state index is 12.6. The number of hydrogen-bond acceptors (Lipinski definition) is 2. The zero-order valence-corrected chi connectivity index (χ0v) is 5.97. The van der Waals surface area contributed by atoms with Gasteiger partial charge in [-0.05, 0) is 12.1 Å². The predicted octanol–water partition coefficient (Wildman–Crippen LogP) is 0.646. The van der Waals surface area contributed by atoms with E-state index in [1.54, 1.807) is 0 Å². The Hall–Kier alpha value is -1.65. The largest absolute Gasteiger partial charge is 0.394 e. The molecule has 1 aromatic rings. The maximum Gasteiger partial charge on any atom is 0.248 e. The quantitative estimate of drug-likeness (QED) is 0.610. The van der Waals surface area contributed by atoms with E-state index < -0.39 is 23.2 Å². The molecule has 5 heteroatoms. The first-order valence-corrected chi connectivity index (χ1v) is 3.06. The molecule has 0 aliphatic heterocycles. The van der Waals surface area contributed by atoms with Crippen molar-refractivity contribution in [2.24, 2.45) is 5.73 Å². The molecule has 0 saturated carbocycles. The highest BCUT2D eigenvalue weighted by molar-refractivity contribution is 5.93. The van der Waals surface area contributed by atoms with Crippen LogP contribution in [0.4, 0.5) is 14.5 Å². The average Bonchev–Trinajstić information content (AvgIpc) is 1.99. The first-order valence-electron chi connectivity index (χ1n) is 3.06. The molecule has 1 aromatic carbocycles. The minimum absolute atomic E-state index is 0.237. The van der Waals surface area contributed by atoms with Gasteiger partial charge in [0, 0.05) is 5.56 Å². The van der Waals surface area contributed by atoms with E-state index in [1.165, 1.54) is 0 Å². The molecule has 0 spiro atoms. The third-order valence-corrected chi connectivity index (χ3v) is 1.36. The fourth-order valence-corrected chi connectivity index (χ4v) is 0.727. The fourth-order valence-electron chi connectivity index (χ4n) is 0.727. The van der Waals surface area contributed by atoms with Crippen molar-refractivity contribution >= 4 is 11.6 Å². The van der Waals surface area contributed by atoms with Gasteiger partial charge in [0.1, 0.15) is 17.3 Å². The summed E-state index contributed by atoms with van der Waals surface area (Å²) in [5, 5.41) is 0. The van der Waals surface area contributed by atoms with Crippen LogP contribution >= 0.6 is 0 Å². The van der Waals surface area contributed by atoms with E-state index >= 15 is 0 Å². The van der Waals surface area contributed by atoms with E-state index in [0.717, 1.165) is 12.1 Å². The van der Waals surface area contributed by atoms with Gasteiger partial charge in [-0.3, -0.25) is 4.79 Å². The number of primary amides is 1. The Balaban J connectivity index is 3.31. The predicted molar refractivity (Wildman–Crippen MR) is 39.3 cm³/mol. The average molecular weight is 172 g/mol. The van der Waals surface area contributed by atoms with E-state index in [9.17, 15) is 13.6 Å². The zero-order chi connectivity index (χ0) is 9.30. The highest BCUT2D eigenvalue weighted by atomic mass is 19.1. The summed E-state index contributed by atoms with van der Waals surface area (Å²) >= 11 is 0. The van der Waals surface area contributed by atoms with Gasteiger partial charge in [-0.2, -0.15) is 0 Å². The van der Waals surface area contributed by atoms with E-state index in [4.69, 9.17) is 11.5 Å². The number of amides is 1. The zero-order valence-electron chi connectivity index (χ0n) is 5.97. The van der Waals surface area contributed by atoms with Gasteiger partial charge in [-0.15, -0.1) is 0 Å². The number of nitrogen functional groups attached to an aromatic ring is 1. The Morgan fingerprint density at radius 2 is 1.67 bits per heavy atom. The van der Waals surface area contributed by atoms with Crippen LogP contribution in [0.5, 0.6) is 0 Å². The molecule has 4 N–H and O–H groups in total. The number of rotatable bonds is 1. The summed E-state index contributed by atoms with van der Waals surface area (Å²) in [6.45, 7) is 0. The highest BCUT2D eigenvalue weighted by Crippen LogP contribution is 2.16. The molecule has 0 aromatic heterocycles. The standard InChI is InChI=1S/C7H6F2N2O/c8-4-1-3(7(11)12)2-5(9)6(4)10/h1-2H,10H2,(H2,11,12). The van der Waals surface area contributed by atoms with Gasteiger partial charge < -0.3 is 11.5 Å². The van der Waals surface area contributed by atoms with E-state index in [1.807, 2.05) is 0 Å². The van der Waals surface area contributed by atoms with E-state index in [-0.39, 0.29) is 5.56 Å². The lowest BCUT2D eigenvalue weighted by atomic mass is 10.2. The second-order valence-corrected chi connectivity index (χ2v) is 2.22. The number of halogens is 2. The van der Waals surface area contributed by atoms with Gasteiger partial charge in [-0.1, -0.05) is 0 Å². The molecule has 0 fully saturated rings. The van der Waals surface area contributed by atoms with Crippen LogP contribution in [0.15, 0.2) is 12.1 Å². The Kier molecular flexibility index (Phi) is 1.95. The molecule has 0 bridgehead atoms. The van der Waals surface area contributed by atoms with Crippen molar-refractivity contribution in [1.82, 2.24) is 0 Å². The van der Waals surface area contributed by atoms with Crippen LogP contribution in [0.1, 0.15) is 10.4 Å². The lowest BCUT2D eigenvalue weighted by Gasteiger charge is -2.00. The summed E-state index contributed by atoms with van der Waals surface area (Å²) in [6, 6.07) is 1.58. The van der Waals surface area contributed by atoms with Crippen LogP contribution in [-0.4, -0.2) is 5.91 Å². The molecular weight excluding hydrogens is 166 g/mol. The molecule has 3 nitrogen and oxygen atoms in total. The lowest BCUT2D eigenvalue weighted by molar-refractivity contribution is 0.0999. The number of hydrogen-bond donors (Lipinski definition) is 2.